The van der Waals surface area contributed by atoms with E-state index in [0.717, 1.165) is 28.9 Å². The monoisotopic (exact) mass is 386 g/mol. The van der Waals surface area contributed by atoms with E-state index < -0.39 is 0 Å². The Morgan fingerprint density at radius 2 is 1.97 bits per heavy atom. The third-order valence-electron chi connectivity index (χ3n) is 4.68. The molecule has 146 valence electrons. The number of aldehydes is 1. The number of hydrogen-bond acceptors (Lipinski definition) is 5. The number of benzene rings is 1. The van der Waals surface area contributed by atoms with Crippen molar-refractivity contribution >= 4 is 23.2 Å². The summed E-state index contributed by atoms with van der Waals surface area (Å²) in [5.74, 6) is 0.856. The van der Waals surface area contributed by atoms with Gasteiger partial charge in [-0.05, 0) is 18.6 Å². The third-order valence-corrected chi connectivity index (χ3v) is 4.68. The highest BCUT2D eigenvalue weighted by Gasteiger charge is 2.17. The standard InChI is InChI=1S/C22H22N6O/c1-15-25-21-22(28(15)12-16-7-5-4-6-8-16)26-19(11-24-21)18(13-27(2)3)17-9-10-23-20(17)14-29/h4-11,13-14,23H,12H2,1-3H3/b18-13+. The molecule has 0 radical (unpaired) electrons. The van der Waals surface area contributed by atoms with Gasteiger partial charge in [-0.25, -0.2) is 15.0 Å². The molecule has 4 aromatic rings. The Kier molecular flexibility index (Phi) is 4.95. The number of aromatic nitrogens is 5. The lowest BCUT2D eigenvalue weighted by Crippen LogP contribution is -2.07. The highest BCUT2D eigenvalue weighted by molar-refractivity contribution is 5.89. The molecule has 0 saturated heterocycles. The summed E-state index contributed by atoms with van der Waals surface area (Å²) in [5, 5.41) is 0. The zero-order chi connectivity index (χ0) is 20.4. The largest absolute Gasteiger partial charge is 0.383 e. The minimum atomic E-state index is 0.508. The van der Waals surface area contributed by atoms with Gasteiger partial charge in [-0.3, -0.25) is 4.79 Å². The summed E-state index contributed by atoms with van der Waals surface area (Å²) in [6, 6.07) is 12.1. The molecule has 4 rings (SSSR count). The quantitative estimate of drug-likeness (QED) is 0.515. The smallest absolute Gasteiger partial charge is 0.197 e. The number of H-pyrrole nitrogens is 1. The summed E-state index contributed by atoms with van der Waals surface area (Å²) in [7, 11) is 3.87. The maximum absolute atomic E-state index is 11.5. The molecule has 0 unspecified atom stereocenters. The van der Waals surface area contributed by atoms with Crippen LogP contribution in [-0.4, -0.2) is 49.8 Å². The first kappa shape index (κ1) is 18.6. The minimum Gasteiger partial charge on any atom is -0.383 e. The molecule has 1 N–H and O–H groups in total. The Morgan fingerprint density at radius 1 is 1.17 bits per heavy atom. The maximum atomic E-state index is 11.5. The van der Waals surface area contributed by atoms with Gasteiger partial charge in [0.15, 0.2) is 17.6 Å². The maximum Gasteiger partial charge on any atom is 0.197 e. The molecule has 0 amide bonds. The van der Waals surface area contributed by atoms with E-state index in [1.165, 1.54) is 5.56 Å². The zero-order valence-corrected chi connectivity index (χ0v) is 16.6. The number of nitrogens with zero attached hydrogens (tertiary/aromatic N) is 5. The summed E-state index contributed by atoms with van der Waals surface area (Å²) < 4.78 is 2.06. The van der Waals surface area contributed by atoms with E-state index in [9.17, 15) is 4.79 Å². The lowest BCUT2D eigenvalue weighted by atomic mass is 10.0. The predicted octanol–water partition coefficient (Wildman–Crippen LogP) is 3.27. The van der Waals surface area contributed by atoms with Gasteiger partial charge in [-0.15, -0.1) is 0 Å². The molecule has 0 bridgehead atoms. The number of fused-ring (bicyclic) bond motifs is 1. The zero-order valence-electron chi connectivity index (χ0n) is 16.6. The third kappa shape index (κ3) is 3.67. The van der Waals surface area contributed by atoms with Crippen LogP contribution in [0.4, 0.5) is 0 Å². The van der Waals surface area contributed by atoms with Crippen LogP contribution in [0, 0.1) is 6.92 Å². The number of rotatable bonds is 6. The molecule has 0 aliphatic rings. The van der Waals surface area contributed by atoms with Crippen molar-refractivity contribution in [2.24, 2.45) is 0 Å². The van der Waals surface area contributed by atoms with Crippen LogP contribution in [0.25, 0.3) is 16.9 Å². The van der Waals surface area contributed by atoms with Crippen molar-refractivity contribution in [1.82, 2.24) is 29.4 Å². The topological polar surface area (TPSA) is 79.7 Å². The second-order valence-corrected chi connectivity index (χ2v) is 7.06. The Balaban J connectivity index is 1.85. The second kappa shape index (κ2) is 7.71. The number of nitrogens with one attached hydrogen (secondary N) is 1. The first-order chi connectivity index (χ1) is 14.1. The van der Waals surface area contributed by atoms with E-state index in [1.54, 1.807) is 12.4 Å². The average Bonchev–Trinajstić information content (AvgIpc) is 3.31. The first-order valence-electron chi connectivity index (χ1n) is 9.32. The molecular weight excluding hydrogens is 364 g/mol. The Labute approximate surface area is 168 Å². The predicted molar refractivity (Wildman–Crippen MR) is 113 cm³/mol. The fourth-order valence-corrected chi connectivity index (χ4v) is 3.33. The van der Waals surface area contributed by atoms with Crippen LogP contribution >= 0.6 is 0 Å². The summed E-state index contributed by atoms with van der Waals surface area (Å²) in [6.07, 6.45) is 6.21. The highest BCUT2D eigenvalue weighted by Crippen LogP contribution is 2.26. The Morgan fingerprint density at radius 3 is 2.69 bits per heavy atom. The van der Waals surface area contributed by atoms with Gasteiger partial charge in [0, 0.05) is 37.6 Å². The molecule has 7 nitrogen and oxygen atoms in total. The summed E-state index contributed by atoms with van der Waals surface area (Å²) >= 11 is 0. The van der Waals surface area contributed by atoms with Crippen LogP contribution in [0.1, 0.15) is 33.1 Å². The van der Waals surface area contributed by atoms with Crippen molar-refractivity contribution in [3.8, 4) is 0 Å². The van der Waals surface area contributed by atoms with Crippen molar-refractivity contribution in [1.29, 1.82) is 0 Å². The lowest BCUT2D eigenvalue weighted by Gasteiger charge is -2.12. The van der Waals surface area contributed by atoms with E-state index in [-0.39, 0.29) is 0 Å². The molecule has 0 saturated carbocycles. The number of aryl methyl sites for hydroxylation is 1. The van der Waals surface area contributed by atoms with Crippen LogP contribution in [-0.2, 0) is 6.54 Å². The van der Waals surface area contributed by atoms with Crippen molar-refractivity contribution in [2.45, 2.75) is 13.5 Å². The molecule has 1 aromatic carbocycles. The second-order valence-electron chi connectivity index (χ2n) is 7.06. The normalized spacial score (nSPS) is 11.8. The molecule has 0 atom stereocenters. The van der Waals surface area contributed by atoms with Crippen molar-refractivity contribution in [3.63, 3.8) is 0 Å². The van der Waals surface area contributed by atoms with E-state index in [0.29, 0.717) is 23.6 Å². The van der Waals surface area contributed by atoms with Crippen molar-refractivity contribution in [2.75, 3.05) is 14.1 Å². The van der Waals surface area contributed by atoms with E-state index in [2.05, 4.69) is 31.7 Å². The Hall–Kier alpha value is -3.74. The fourth-order valence-electron chi connectivity index (χ4n) is 3.33. The van der Waals surface area contributed by atoms with Gasteiger partial charge in [0.05, 0.1) is 24.1 Å². The minimum absolute atomic E-state index is 0.508. The fraction of sp³-hybridized carbons (Fsp3) is 0.182. The van der Waals surface area contributed by atoms with Gasteiger partial charge in [-0.1, -0.05) is 30.3 Å². The van der Waals surface area contributed by atoms with E-state index in [4.69, 9.17) is 4.98 Å². The summed E-state index contributed by atoms with van der Waals surface area (Å²) in [5.41, 5.74) is 5.29. The number of imidazole rings is 1. The lowest BCUT2D eigenvalue weighted by molar-refractivity contribution is 0.111. The number of aromatic amines is 1. The number of hydrogen-bond donors (Lipinski definition) is 1. The van der Waals surface area contributed by atoms with Gasteiger partial charge in [0.25, 0.3) is 0 Å². The van der Waals surface area contributed by atoms with Crippen molar-refractivity contribution in [3.05, 3.63) is 83.3 Å². The van der Waals surface area contributed by atoms with Gasteiger partial charge in [0.1, 0.15) is 5.82 Å². The molecule has 7 heteroatoms. The van der Waals surface area contributed by atoms with Gasteiger partial charge in [-0.2, -0.15) is 0 Å². The first-order valence-corrected chi connectivity index (χ1v) is 9.32. The summed E-state index contributed by atoms with van der Waals surface area (Å²) in [4.78, 5) is 30.4. The van der Waals surface area contributed by atoms with Crippen LogP contribution in [0.3, 0.4) is 0 Å². The molecular formula is C22H22N6O. The molecule has 0 aliphatic heterocycles. The van der Waals surface area contributed by atoms with E-state index >= 15 is 0 Å². The van der Waals surface area contributed by atoms with E-state index in [1.807, 2.05) is 56.4 Å². The average molecular weight is 386 g/mol. The number of carbonyl (C=O) groups excluding carboxylic acids is 1. The summed E-state index contributed by atoms with van der Waals surface area (Å²) in [6.45, 7) is 2.62. The molecule has 0 spiro atoms. The van der Waals surface area contributed by atoms with Gasteiger partial charge < -0.3 is 14.5 Å². The molecule has 0 aliphatic carbocycles. The van der Waals surface area contributed by atoms with Crippen LogP contribution < -0.4 is 0 Å². The number of carbonyl (C=O) groups is 1. The molecule has 3 heterocycles. The highest BCUT2D eigenvalue weighted by atomic mass is 16.1. The van der Waals surface area contributed by atoms with Crippen molar-refractivity contribution < 1.29 is 4.79 Å². The van der Waals surface area contributed by atoms with Gasteiger partial charge >= 0.3 is 0 Å². The SMILES string of the molecule is Cc1nc2ncc(/C(=C/N(C)C)c3cc[nH]c3C=O)nc2n1Cc1ccccc1. The molecule has 3 aromatic heterocycles. The van der Waals surface area contributed by atoms with Crippen LogP contribution in [0.15, 0.2) is 55.0 Å². The van der Waals surface area contributed by atoms with Crippen LogP contribution in [0.5, 0.6) is 0 Å². The molecule has 0 fully saturated rings. The Bertz CT molecular complexity index is 1190. The van der Waals surface area contributed by atoms with Crippen LogP contribution in [0.2, 0.25) is 0 Å². The molecule has 29 heavy (non-hydrogen) atoms. The van der Waals surface area contributed by atoms with Gasteiger partial charge in [0.2, 0.25) is 0 Å².